The summed E-state index contributed by atoms with van der Waals surface area (Å²) in [5.74, 6) is -1.07. The zero-order chi connectivity index (χ0) is 32.8. The van der Waals surface area contributed by atoms with Crippen molar-refractivity contribution >= 4 is 6.15 Å². The van der Waals surface area contributed by atoms with Crippen LogP contribution in [0.2, 0.25) is 0 Å². The maximum Gasteiger partial charge on any atom is 0.373 e. The van der Waals surface area contributed by atoms with Crippen LogP contribution in [0, 0.1) is 17.3 Å². The highest BCUT2D eigenvalue weighted by Crippen LogP contribution is 2.40. The Morgan fingerprint density at radius 3 is 1.86 bits per heavy atom. The summed E-state index contributed by atoms with van der Waals surface area (Å²) in [6.07, 6.45) is -17.5. The second-order valence-electron chi connectivity index (χ2n) is 12.4. The zero-order valence-corrected chi connectivity index (χ0v) is 24.9. The molecule has 16 heteroatoms. The molecular formula is C27H48O16. The average Bonchev–Trinajstić information content (AvgIpc) is 2.95. The van der Waals surface area contributed by atoms with Gasteiger partial charge in [-0.3, -0.25) is 0 Å². The van der Waals surface area contributed by atoms with Crippen molar-refractivity contribution in [1.29, 1.82) is 0 Å². The van der Waals surface area contributed by atoms with E-state index in [2.05, 4.69) is 0 Å². The van der Waals surface area contributed by atoms with Crippen molar-refractivity contribution in [3.8, 4) is 0 Å². The fourth-order valence-electron chi connectivity index (χ4n) is 5.88. The van der Waals surface area contributed by atoms with Gasteiger partial charge >= 0.3 is 6.15 Å². The Labute approximate surface area is 249 Å². The molecule has 0 amide bonds. The molecule has 3 rings (SSSR count). The molecule has 0 bridgehead atoms. The molecule has 0 saturated carbocycles. The van der Waals surface area contributed by atoms with Crippen LogP contribution in [0.1, 0.15) is 41.0 Å². The number of aliphatic hydroxyl groups is 9. The summed E-state index contributed by atoms with van der Waals surface area (Å²) in [6.45, 7) is 7.32. The van der Waals surface area contributed by atoms with Gasteiger partial charge in [0.05, 0.1) is 44.2 Å². The predicted octanol–water partition coefficient (Wildman–Crippen LogP) is -3.76. The van der Waals surface area contributed by atoms with Crippen LogP contribution < -0.4 is 0 Å². The molecule has 3 aliphatic rings. The summed E-state index contributed by atoms with van der Waals surface area (Å²) in [6, 6.07) is 0. The third-order valence-electron chi connectivity index (χ3n) is 8.28. The molecule has 9 N–H and O–H groups in total. The van der Waals surface area contributed by atoms with E-state index in [4.69, 9.17) is 33.3 Å². The van der Waals surface area contributed by atoms with Crippen LogP contribution in [0.3, 0.4) is 0 Å². The summed E-state index contributed by atoms with van der Waals surface area (Å²) in [5.41, 5.74) is -0.392. The molecule has 3 heterocycles. The lowest BCUT2D eigenvalue weighted by Crippen LogP contribution is -2.65. The van der Waals surface area contributed by atoms with Crippen LogP contribution in [-0.2, 0) is 33.3 Å². The summed E-state index contributed by atoms with van der Waals surface area (Å²) >= 11 is 0. The van der Waals surface area contributed by atoms with E-state index in [-0.39, 0.29) is 12.6 Å². The lowest BCUT2D eigenvalue weighted by molar-refractivity contribution is -0.363. The normalized spacial score (nSPS) is 43.6. The van der Waals surface area contributed by atoms with Crippen molar-refractivity contribution in [2.45, 2.75) is 127 Å². The van der Waals surface area contributed by atoms with Crippen LogP contribution in [0.15, 0.2) is 0 Å². The molecular weight excluding hydrogens is 580 g/mol. The molecule has 3 saturated heterocycles. The maximum absolute atomic E-state index is 11.2. The summed E-state index contributed by atoms with van der Waals surface area (Å²) in [4.78, 5) is 16.2. The zero-order valence-electron chi connectivity index (χ0n) is 24.9. The molecule has 16 atom stereocenters. The number of carbonyl (C=O) groups excluding carboxylic acids is 2. The lowest BCUT2D eigenvalue weighted by atomic mass is 9.75. The summed E-state index contributed by atoms with van der Waals surface area (Å²) in [5, 5.41) is 92.7. The van der Waals surface area contributed by atoms with Crippen molar-refractivity contribution in [3.63, 3.8) is 0 Å². The van der Waals surface area contributed by atoms with E-state index in [0.29, 0.717) is 0 Å². The molecule has 3 fully saturated rings. The van der Waals surface area contributed by atoms with E-state index in [1.807, 2.05) is 20.8 Å². The number of rotatable bonds is 9. The van der Waals surface area contributed by atoms with Crippen molar-refractivity contribution in [3.05, 3.63) is 0 Å². The Morgan fingerprint density at radius 2 is 1.35 bits per heavy atom. The predicted molar refractivity (Wildman–Crippen MR) is 140 cm³/mol. The Hall–Kier alpha value is -1.18. The SMILES string of the molecule is CC1[C@@H](O[C@@H]2OC(CO)[C@H](O)[C@H](O[C@@H]3C[C@@H](O)[C@@H](C)C([C@H](O)[C@H](O)CO)O3)C2O)[C@@H](O)C(CO)O[C@H]1C(C)(C)C.O=C=O. The Balaban J connectivity index is 0.00000206. The largest absolute Gasteiger partial charge is 0.394 e. The molecule has 0 aromatic rings. The van der Waals surface area contributed by atoms with E-state index in [1.54, 1.807) is 13.8 Å². The van der Waals surface area contributed by atoms with Crippen LogP contribution in [0.5, 0.6) is 0 Å². The molecule has 252 valence electrons. The van der Waals surface area contributed by atoms with E-state index in [1.165, 1.54) is 0 Å². The molecule has 0 aliphatic carbocycles. The Bertz CT molecular complexity index is 864. The van der Waals surface area contributed by atoms with Gasteiger partial charge in [-0.05, 0) is 5.41 Å². The number of hydrogen-bond donors (Lipinski definition) is 9. The van der Waals surface area contributed by atoms with E-state index in [0.717, 1.165) is 0 Å². The van der Waals surface area contributed by atoms with Gasteiger partial charge in [-0.1, -0.05) is 34.6 Å². The van der Waals surface area contributed by atoms with Gasteiger partial charge in [0.25, 0.3) is 0 Å². The van der Waals surface area contributed by atoms with Crippen LogP contribution in [0.25, 0.3) is 0 Å². The maximum atomic E-state index is 11.2. The number of hydrogen-bond acceptors (Lipinski definition) is 16. The second kappa shape index (κ2) is 16.4. The van der Waals surface area contributed by atoms with Crippen molar-refractivity contribution in [2.75, 3.05) is 19.8 Å². The first-order chi connectivity index (χ1) is 20.1. The Kier molecular flexibility index (Phi) is 14.5. The third-order valence-corrected chi connectivity index (χ3v) is 8.28. The molecule has 0 aromatic carbocycles. The molecule has 0 spiro atoms. The molecule has 0 aromatic heterocycles. The number of ether oxygens (including phenoxy) is 5. The molecule has 0 radical (unpaired) electrons. The van der Waals surface area contributed by atoms with Crippen LogP contribution in [-0.4, -0.2) is 158 Å². The quantitative estimate of drug-likeness (QED) is 0.119. The molecule has 5 unspecified atom stereocenters. The van der Waals surface area contributed by atoms with Crippen molar-refractivity contribution in [2.24, 2.45) is 17.3 Å². The van der Waals surface area contributed by atoms with Gasteiger partial charge in [0.2, 0.25) is 0 Å². The Morgan fingerprint density at radius 1 is 0.814 bits per heavy atom. The van der Waals surface area contributed by atoms with Gasteiger partial charge in [0, 0.05) is 18.3 Å². The second-order valence-corrected chi connectivity index (χ2v) is 12.4. The topological polar surface area (TPSA) is 262 Å². The molecule has 16 nitrogen and oxygen atoms in total. The van der Waals surface area contributed by atoms with Gasteiger partial charge < -0.3 is 69.6 Å². The van der Waals surface area contributed by atoms with E-state index >= 15 is 0 Å². The van der Waals surface area contributed by atoms with Gasteiger partial charge in [-0.2, -0.15) is 9.59 Å². The highest BCUT2D eigenvalue weighted by atomic mass is 16.7. The fourth-order valence-corrected chi connectivity index (χ4v) is 5.88. The first-order valence-electron chi connectivity index (χ1n) is 14.2. The minimum atomic E-state index is -1.66. The standard InChI is InChI=1S/C26H48O14.CO2/c1-10-12(30)6-16(38-21(10)17(32)13(31)7-27)39-23-19(34)15(9-29)37-25(20(23)35)40-22-11(2)24(26(3,4)5)36-14(8-28)18(22)33;2-1-3/h10-25,27-35H,6-9H2,1-5H3;/t10-,11?,12-,13-,14?,15?,16-,17-,18+,19+,20?,21?,22-,23+,24-,25+;/m1./s1. The first-order valence-corrected chi connectivity index (χ1v) is 14.2. The van der Waals surface area contributed by atoms with Crippen LogP contribution in [0.4, 0.5) is 0 Å². The van der Waals surface area contributed by atoms with E-state index < -0.39 is 123 Å². The highest BCUT2D eigenvalue weighted by Gasteiger charge is 2.53. The van der Waals surface area contributed by atoms with Crippen molar-refractivity contribution in [1.82, 2.24) is 0 Å². The molecule has 3 aliphatic heterocycles. The lowest BCUT2D eigenvalue weighted by Gasteiger charge is -2.50. The smallest absolute Gasteiger partial charge is 0.373 e. The summed E-state index contributed by atoms with van der Waals surface area (Å²) < 4.78 is 29.3. The monoisotopic (exact) mass is 628 g/mol. The third kappa shape index (κ3) is 8.97. The van der Waals surface area contributed by atoms with Gasteiger partial charge in [-0.15, -0.1) is 0 Å². The highest BCUT2D eigenvalue weighted by molar-refractivity contribution is 5.20. The van der Waals surface area contributed by atoms with Gasteiger partial charge in [0.1, 0.15) is 48.8 Å². The minimum absolute atomic E-state index is 0.104. The van der Waals surface area contributed by atoms with Crippen LogP contribution >= 0.6 is 0 Å². The van der Waals surface area contributed by atoms with Gasteiger partial charge in [0.15, 0.2) is 12.6 Å². The summed E-state index contributed by atoms with van der Waals surface area (Å²) in [7, 11) is 0. The molecule has 43 heavy (non-hydrogen) atoms. The first kappa shape index (κ1) is 38.0. The number of aliphatic hydroxyl groups excluding tert-OH is 9. The van der Waals surface area contributed by atoms with Gasteiger partial charge in [-0.25, -0.2) is 0 Å². The van der Waals surface area contributed by atoms with E-state index in [9.17, 15) is 46.0 Å². The average molecular weight is 629 g/mol. The minimum Gasteiger partial charge on any atom is -0.394 e. The van der Waals surface area contributed by atoms with Crippen molar-refractivity contribution < 1.29 is 79.2 Å². The fraction of sp³-hybridized carbons (Fsp3) is 0.963.